The van der Waals surface area contributed by atoms with Gasteiger partial charge in [-0.2, -0.15) is 0 Å². The van der Waals surface area contributed by atoms with E-state index in [1.165, 1.54) is 18.2 Å². The van der Waals surface area contributed by atoms with Crippen LogP contribution in [0.15, 0.2) is 39.7 Å². The van der Waals surface area contributed by atoms with Crippen LogP contribution >= 0.6 is 50.7 Å². The van der Waals surface area contributed by atoms with Crippen molar-refractivity contribution in [1.29, 1.82) is 0 Å². The van der Waals surface area contributed by atoms with Gasteiger partial charge in [0.05, 0.1) is 20.8 Å². The van der Waals surface area contributed by atoms with Crippen molar-refractivity contribution in [3.8, 4) is 0 Å². The fraction of sp³-hybridized carbons (Fsp3) is 0. The number of benzene rings is 2. The number of nitrogen functional groups attached to an aromatic ring is 1. The molecule has 0 aliphatic carbocycles. The van der Waals surface area contributed by atoms with Gasteiger partial charge < -0.3 is 5.73 Å². The van der Waals surface area contributed by atoms with Gasteiger partial charge >= 0.3 is 0 Å². The first-order valence-electron chi connectivity index (χ1n) is 5.43. The molecular weight excluding hydrogens is 422 g/mol. The lowest BCUT2D eigenvalue weighted by Gasteiger charge is -2.12. The summed E-state index contributed by atoms with van der Waals surface area (Å²) in [5.41, 5.74) is 6.06. The van der Waals surface area contributed by atoms with Crippen LogP contribution in [-0.4, -0.2) is 8.42 Å². The molecule has 0 amide bonds. The maximum Gasteiger partial charge on any atom is 0.263 e. The van der Waals surface area contributed by atoms with Gasteiger partial charge in [-0.05, 0) is 46.3 Å². The van der Waals surface area contributed by atoms with E-state index in [1.54, 1.807) is 12.1 Å². The fourth-order valence-electron chi connectivity index (χ4n) is 1.53. The highest BCUT2D eigenvalue weighted by Gasteiger charge is 2.20. The molecule has 0 unspecified atom stereocenters. The summed E-state index contributed by atoms with van der Waals surface area (Å²) in [4.78, 5) is -0.00959. The van der Waals surface area contributed by atoms with Crippen LogP contribution in [0.3, 0.4) is 0 Å². The third kappa shape index (κ3) is 3.76. The first-order chi connectivity index (χ1) is 9.70. The summed E-state index contributed by atoms with van der Waals surface area (Å²) in [5.74, 6) is 0. The van der Waals surface area contributed by atoms with Crippen molar-refractivity contribution >= 4 is 72.1 Å². The number of nitrogens with one attached hydrogen (secondary N) is 1. The summed E-state index contributed by atoms with van der Waals surface area (Å²) in [5, 5.41) is 0.549. The van der Waals surface area contributed by atoms with Gasteiger partial charge in [-0.3, -0.25) is 4.72 Å². The average molecular weight is 431 g/mol. The Kier molecular flexibility index (Phi) is 4.95. The highest BCUT2D eigenvalue weighted by molar-refractivity contribution is 9.10. The summed E-state index contributed by atoms with van der Waals surface area (Å²) in [6.07, 6.45) is 0. The van der Waals surface area contributed by atoms with E-state index in [4.69, 9.17) is 40.5 Å². The van der Waals surface area contributed by atoms with Gasteiger partial charge in [0.2, 0.25) is 0 Å². The molecule has 0 aliphatic rings. The third-order valence-corrected chi connectivity index (χ3v) is 5.89. The molecule has 0 fully saturated rings. The summed E-state index contributed by atoms with van der Waals surface area (Å²) in [7, 11) is -3.88. The van der Waals surface area contributed by atoms with Crippen molar-refractivity contribution < 1.29 is 8.42 Å². The number of rotatable bonds is 3. The zero-order valence-electron chi connectivity index (χ0n) is 10.2. The van der Waals surface area contributed by atoms with E-state index in [1.807, 2.05) is 0 Å². The number of anilines is 2. The van der Waals surface area contributed by atoms with E-state index >= 15 is 0 Å². The molecule has 0 bridgehead atoms. The number of hydrogen-bond acceptors (Lipinski definition) is 3. The minimum absolute atomic E-state index is 0.00959. The number of halogens is 4. The molecule has 0 spiro atoms. The molecule has 0 saturated heterocycles. The Morgan fingerprint density at radius 1 is 1.00 bits per heavy atom. The van der Waals surface area contributed by atoms with Crippen LogP contribution in [0.1, 0.15) is 0 Å². The van der Waals surface area contributed by atoms with Gasteiger partial charge in [0.1, 0.15) is 4.90 Å². The lowest BCUT2D eigenvalue weighted by molar-refractivity contribution is 0.601. The maximum absolute atomic E-state index is 12.4. The molecular formula is C12H8BrCl3N2O2S. The molecule has 112 valence electrons. The van der Waals surface area contributed by atoms with Gasteiger partial charge in [0.15, 0.2) is 0 Å². The van der Waals surface area contributed by atoms with Crippen molar-refractivity contribution in [3.63, 3.8) is 0 Å². The Morgan fingerprint density at radius 2 is 1.62 bits per heavy atom. The highest BCUT2D eigenvalue weighted by atomic mass is 79.9. The third-order valence-electron chi connectivity index (χ3n) is 2.50. The number of nitrogens with two attached hydrogens (primary N) is 1. The summed E-state index contributed by atoms with van der Waals surface area (Å²) in [6.45, 7) is 0. The van der Waals surface area contributed by atoms with Crippen molar-refractivity contribution in [2.24, 2.45) is 0 Å². The monoisotopic (exact) mass is 428 g/mol. The first-order valence-corrected chi connectivity index (χ1v) is 8.84. The van der Waals surface area contributed by atoms with E-state index in [0.717, 1.165) is 0 Å². The molecule has 0 saturated carbocycles. The number of sulfonamides is 1. The van der Waals surface area contributed by atoms with Crippen LogP contribution in [0.25, 0.3) is 0 Å². The van der Waals surface area contributed by atoms with E-state index in [2.05, 4.69) is 20.7 Å². The van der Waals surface area contributed by atoms with Crippen molar-refractivity contribution in [1.82, 2.24) is 0 Å². The van der Waals surface area contributed by atoms with Gasteiger partial charge in [-0.15, -0.1) is 0 Å². The van der Waals surface area contributed by atoms with E-state index in [-0.39, 0.29) is 25.7 Å². The van der Waals surface area contributed by atoms with Crippen LogP contribution < -0.4 is 10.5 Å². The normalized spacial score (nSPS) is 11.4. The Bertz CT molecular complexity index is 812. The molecule has 9 heteroatoms. The molecule has 2 aromatic rings. The minimum Gasteiger partial charge on any atom is -0.399 e. The fourth-order valence-corrected chi connectivity index (χ4v) is 4.25. The van der Waals surface area contributed by atoms with E-state index in [0.29, 0.717) is 10.2 Å². The van der Waals surface area contributed by atoms with Gasteiger partial charge in [0.25, 0.3) is 10.0 Å². The van der Waals surface area contributed by atoms with E-state index in [9.17, 15) is 8.42 Å². The van der Waals surface area contributed by atoms with Crippen molar-refractivity contribution in [3.05, 3.63) is 49.9 Å². The van der Waals surface area contributed by atoms with Crippen LogP contribution in [0.2, 0.25) is 15.1 Å². The molecule has 0 atom stereocenters. The Balaban J connectivity index is 2.47. The molecule has 3 N–H and O–H groups in total. The van der Waals surface area contributed by atoms with Crippen molar-refractivity contribution in [2.45, 2.75) is 4.90 Å². The maximum atomic E-state index is 12.4. The highest BCUT2D eigenvalue weighted by Crippen LogP contribution is 2.34. The lowest BCUT2D eigenvalue weighted by Crippen LogP contribution is -2.14. The van der Waals surface area contributed by atoms with Gasteiger partial charge in [-0.25, -0.2) is 8.42 Å². The molecule has 0 heterocycles. The number of hydrogen-bond donors (Lipinski definition) is 2. The second-order valence-corrected chi connectivity index (χ2v) is 7.77. The minimum atomic E-state index is -3.88. The predicted molar refractivity (Wildman–Crippen MR) is 90.8 cm³/mol. The zero-order valence-corrected chi connectivity index (χ0v) is 14.9. The van der Waals surface area contributed by atoms with Crippen LogP contribution in [-0.2, 0) is 10.0 Å². The molecule has 0 aliphatic heterocycles. The van der Waals surface area contributed by atoms with Crippen molar-refractivity contribution in [2.75, 3.05) is 10.5 Å². The van der Waals surface area contributed by atoms with Crippen LogP contribution in [0.5, 0.6) is 0 Å². The van der Waals surface area contributed by atoms with Gasteiger partial charge in [0, 0.05) is 10.2 Å². The first kappa shape index (κ1) is 16.7. The Hall–Kier alpha value is -0.660. The smallest absolute Gasteiger partial charge is 0.263 e. The zero-order chi connectivity index (χ0) is 15.8. The summed E-state index contributed by atoms with van der Waals surface area (Å²) in [6, 6.07) is 7.15. The predicted octanol–water partition coefficient (Wildman–Crippen LogP) is 4.79. The molecule has 21 heavy (non-hydrogen) atoms. The molecule has 0 radical (unpaired) electrons. The quantitative estimate of drug-likeness (QED) is 0.543. The second-order valence-electron chi connectivity index (χ2n) is 4.04. The molecule has 4 nitrogen and oxygen atoms in total. The lowest BCUT2D eigenvalue weighted by atomic mass is 10.3. The second kappa shape index (κ2) is 6.22. The SMILES string of the molecule is Nc1ccc(Br)c(S(=O)(=O)Nc2cc(Cl)c(Cl)cc2Cl)c1. The topological polar surface area (TPSA) is 72.2 Å². The molecule has 2 aromatic carbocycles. The summed E-state index contributed by atoms with van der Waals surface area (Å²) < 4.78 is 27.5. The molecule has 0 aromatic heterocycles. The molecule has 2 rings (SSSR count). The van der Waals surface area contributed by atoms with E-state index < -0.39 is 10.0 Å². The van der Waals surface area contributed by atoms with Crippen LogP contribution in [0, 0.1) is 0 Å². The Morgan fingerprint density at radius 3 is 2.29 bits per heavy atom. The average Bonchev–Trinajstić information content (AvgIpc) is 2.38. The largest absolute Gasteiger partial charge is 0.399 e. The van der Waals surface area contributed by atoms with Crippen LogP contribution in [0.4, 0.5) is 11.4 Å². The Labute approximate surface area is 145 Å². The standard InChI is InChI=1S/C12H8BrCl3N2O2S/c13-7-2-1-6(17)3-12(7)21(19,20)18-11-5-9(15)8(14)4-10(11)16/h1-5,18H,17H2. The van der Waals surface area contributed by atoms with Gasteiger partial charge in [-0.1, -0.05) is 34.8 Å². The summed E-state index contributed by atoms with van der Waals surface area (Å²) >= 11 is 20.8.